The van der Waals surface area contributed by atoms with Gasteiger partial charge in [0.05, 0.1) is 23.0 Å². The topological polar surface area (TPSA) is 105 Å². The number of hydrogen-bond acceptors (Lipinski definition) is 5. The first-order chi connectivity index (χ1) is 15.5. The molecule has 2 N–H and O–H groups in total. The van der Waals surface area contributed by atoms with Crippen molar-refractivity contribution in [2.45, 2.75) is 6.18 Å². The second-order valence-electron chi connectivity index (χ2n) is 6.39. The standard InChI is InChI=1S/C18H8ClF6N7O/c19-8-5-7(6-27-17(8)32-28-3-4-29-32)14-11(16(26)33)15(18(23,24)25)31(30-14)10-2-1-9(20)12(21)13(10)22/h1-6H,(H2,26,33). The molecule has 0 saturated carbocycles. The van der Waals surface area contributed by atoms with Crippen molar-refractivity contribution in [1.29, 1.82) is 0 Å². The summed E-state index contributed by atoms with van der Waals surface area (Å²) in [7, 11) is 0. The molecule has 0 fully saturated rings. The van der Waals surface area contributed by atoms with E-state index >= 15 is 0 Å². The first-order valence-corrected chi connectivity index (χ1v) is 9.05. The summed E-state index contributed by atoms with van der Waals surface area (Å²) in [5.74, 6) is -7.18. The van der Waals surface area contributed by atoms with Crippen molar-refractivity contribution < 1.29 is 31.1 Å². The number of alkyl halides is 3. The maximum Gasteiger partial charge on any atom is 0.434 e. The van der Waals surface area contributed by atoms with Gasteiger partial charge in [0.2, 0.25) is 0 Å². The molecule has 0 radical (unpaired) electrons. The predicted molar refractivity (Wildman–Crippen MR) is 100 cm³/mol. The number of hydrogen-bond donors (Lipinski definition) is 1. The van der Waals surface area contributed by atoms with Crippen LogP contribution in [0.1, 0.15) is 16.1 Å². The van der Waals surface area contributed by atoms with Crippen molar-refractivity contribution in [2.75, 3.05) is 0 Å². The van der Waals surface area contributed by atoms with E-state index in [2.05, 4.69) is 20.3 Å². The summed E-state index contributed by atoms with van der Waals surface area (Å²) in [4.78, 5) is 17.0. The summed E-state index contributed by atoms with van der Waals surface area (Å²) < 4.78 is 83.0. The van der Waals surface area contributed by atoms with E-state index in [1.165, 1.54) is 12.4 Å². The van der Waals surface area contributed by atoms with Crippen molar-refractivity contribution >= 4 is 17.5 Å². The number of halogens is 7. The molecule has 0 spiro atoms. The van der Waals surface area contributed by atoms with Gasteiger partial charge in [-0.1, -0.05) is 11.6 Å². The number of carbonyl (C=O) groups is 1. The van der Waals surface area contributed by atoms with Crippen LogP contribution >= 0.6 is 11.6 Å². The average Bonchev–Trinajstić information content (AvgIpc) is 3.40. The van der Waals surface area contributed by atoms with E-state index in [0.717, 1.165) is 17.1 Å². The van der Waals surface area contributed by atoms with Gasteiger partial charge in [-0.3, -0.25) is 4.79 Å². The van der Waals surface area contributed by atoms with Crippen LogP contribution in [0.15, 0.2) is 36.8 Å². The van der Waals surface area contributed by atoms with Gasteiger partial charge in [-0.05, 0) is 18.2 Å². The normalized spacial score (nSPS) is 11.7. The lowest BCUT2D eigenvalue weighted by Gasteiger charge is -2.12. The zero-order valence-electron chi connectivity index (χ0n) is 15.8. The van der Waals surface area contributed by atoms with E-state index in [4.69, 9.17) is 17.3 Å². The summed E-state index contributed by atoms with van der Waals surface area (Å²) in [5, 5.41) is 11.1. The molecule has 4 aromatic rings. The molecule has 1 amide bonds. The molecular weight excluding hydrogens is 480 g/mol. The van der Waals surface area contributed by atoms with Crippen LogP contribution in [-0.4, -0.2) is 35.7 Å². The Bertz CT molecular complexity index is 1380. The van der Waals surface area contributed by atoms with Crippen molar-refractivity contribution in [3.63, 3.8) is 0 Å². The lowest BCUT2D eigenvalue weighted by Crippen LogP contribution is -2.21. The molecule has 3 aromatic heterocycles. The van der Waals surface area contributed by atoms with E-state index in [1.807, 2.05) is 0 Å². The first kappa shape index (κ1) is 22.3. The number of benzene rings is 1. The van der Waals surface area contributed by atoms with Crippen molar-refractivity contribution in [3.05, 3.63) is 70.5 Å². The molecule has 0 atom stereocenters. The van der Waals surface area contributed by atoms with Gasteiger partial charge in [-0.15, -0.1) is 4.80 Å². The Hall–Kier alpha value is -3.94. The number of amides is 1. The summed E-state index contributed by atoms with van der Waals surface area (Å²) in [6, 6.07) is 2.04. The summed E-state index contributed by atoms with van der Waals surface area (Å²) in [6.07, 6.45) is -1.65. The fourth-order valence-corrected chi connectivity index (χ4v) is 3.24. The molecule has 8 nitrogen and oxygen atoms in total. The highest BCUT2D eigenvalue weighted by Gasteiger charge is 2.43. The van der Waals surface area contributed by atoms with Gasteiger partial charge < -0.3 is 5.73 Å². The number of nitrogens with zero attached hydrogens (tertiary/aromatic N) is 6. The third-order valence-electron chi connectivity index (χ3n) is 4.35. The zero-order valence-corrected chi connectivity index (χ0v) is 16.5. The smallest absolute Gasteiger partial charge is 0.365 e. The number of rotatable bonds is 4. The van der Waals surface area contributed by atoms with Crippen molar-refractivity contribution in [1.82, 2.24) is 29.8 Å². The fourth-order valence-electron chi connectivity index (χ4n) is 3.00. The number of primary amides is 1. The molecule has 0 aliphatic rings. The number of nitrogens with two attached hydrogens (primary N) is 1. The van der Waals surface area contributed by atoms with E-state index in [1.54, 1.807) is 0 Å². The van der Waals surface area contributed by atoms with E-state index in [-0.39, 0.29) is 21.1 Å². The zero-order chi connectivity index (χ0) is 24.1. The van der Waals surface area contributed by atoms with Crippen molar-refractivity contribution in [2.24, 2.45) is 5.73 Å². The van der Waals surface area contributed by atoms with Crippen LogP contribution in [0.2, 0.25) is 5.02 Å². The molecule has 0 bridgehead atoms. The second kappa shape index (κ2) is 7.88. The predicted octanol–water partition coefficient (Wildman–Crippen LogP) is 3.70. The van der Waals surface area contributed by atoms with Gasteiger partial charge >= 0.3 is 6.18 Å². The largest absolute Gasteiger partial charge is 0.434 e. The minimum Gasteiger partial charge on any atom is -0.365 e. The molecule has 33 heavy (non-hydrogen) atoms. The van der Waals surface area contributed by atoms with E-state index in [9.17, 15) is 31.1 Å². The Morgan fingerprint density at radius 3 is 2.30 bits per heavy atom. The molecule has 1 aromatic carbocycles. The van der Waals surface area contributed by atoms with Gasteiger partial charge in [-0.2, -0.15) is 28.5 Å². The lowest BCUT2D eigenvalue weighted by molar-refractivity contribution is -0.143. The monoisotopic (exact) mass is 487 g/mol. The van der Waals surface area contributed by atoms with E-state index in [0.29, 0.717) is 12.1 Å². The van der Waals surface area contributed by atoms with Gasteiger partial charge in [0.15, 0.2) is 29.0 Å². The van der Waals surface area contributed by atoms with E-state index < -0.39 is 52.2 Å². The van der Waals surface area contributed by atoms with Crippen LogP contribution in [0.4, 0.5) is 26.3 Å². The molecule has 0 saturated heterocycles. The molecule has 15 heteroatoms. The summed E-state index contributed by atoms with van der Waals surface area (Å²) >= 11 is 6.13. The average molecular weight is 488 g/mol. The molecule has 170 valence electrons. The maximum absolute atomic E-state index is 14.3. The van der Waals surface area contributed by atoms with Gasteiger partial charge in [-0.25, -0.2) is 22.8 Å². The lowest BCUT2D eigenvalue weighted by atomic mass is 10.1. The summed E-state index contributed by atoms with van der Waals surface area (Å²) in [6.45, 7) is 0. The SMILES string of the molecule is NC(=O)c1c(-c2cnc(-n3nccn3)c(Cl)c2)nn(-c2ccc(F)c(F)c2F)c1C(F)(F)F. The van der Waals surface area contributed by atoms with Crippen LogP contribution in [0.3, 0.4) is 0 Å². The van der Waals surface area contributed by atoms with Crippen LogP contribution in [0, 0.1) is 17.5 Å². The Morgan fingerprint density at radius 2 is 1.73 bits per heavy atom. The van der Waals surface area contributed by atoms with Crippen LogP contribution < -0.4 is 5.73 Å². The molecule has 0 aliphatic heterocycles. The molecule has 0 aliphatic carbocycles. The highest BCUT2D eigenvalue weighted by molar-refractivity contribution is 6.32. The highest BCUT2D eigenvalue weighted by Crippen LogP contribution is 2.39. The van der Waals surface area contributed by atoms with Gasteiger partial charge in [0.1, 0.15) is 11.4 Å². The molecule has 0 unspecified atom stereocenters. The van der Waals surface area contributed by atoms with Crippen LogP contribution in [-0.2, 0) is 6.18 Å². The molecule has 3 heterocycles. The van der Waals surface area contributed by atoms with Crippen LogP contribution in [0.25, 0.3) is 22.8 Å². The second-order valence-corrected chi connectivity index (χ2v) is 6.80. The fraction of sp³-hybridized carbons (Fsp3) is 0.0556. The number of pyridine rings is 1. The first-order valence-electron chi connectivity index (χ1n) is 8.67. The summed E-state index contributed by atoms with van der Waals surface area (Å²) in [5.41, 5.74) is 0.231. The Morgan fingerprint density at radius 1 is 1.06 bits per heavy atom. The van der Waals surface area contributed by atoms with Crippen molar-refractivity contribution in [3.8, 4) is 22.8 Å². The molecule has 4 rings (SSSR count). The quantitative estimate of drug-likeness (QED) is 0.349. The third-order valence-corrected chi connectivity index (χ3v) is 4.62. The number of carbonyl (C=O) groups excluding carboxylic acids is 1. The minimum absolute atomic E-state index is 0.00756. The Balaban J connectivity index is 2.00. The Labute approximate surface area is 184 Å². The van der Waals surface area contributed by atoms with Crippen LogP contribution in [0.5, 0.6) is 0 Å². The number of aromatic nitrogens is 6. The third kappa shape index (κ3) is 3.77. The Kier molecular flexibility index (Phi) is 5.32. The highest BCUT2D eigenvalue weighted by atomic mass is 35.5. The molecular formula is C18H8ClF6N7O. The maximum atomic E-state index is 14.3. The minimum atomic E-state index is -5.30. The van der Waals surface area contributed by atoms with Gasteiger partial charge in [0, 0.05) is 11.8 Å². The van der Waals surface area contributed by atoms with Gasteiger partial charge in [0.25, 0.3) is 5.91 Å².